The van der Waals surface area contributed by atoms with Crippen molar-refractivity contribution in [2.75, 3.05) is 23.4 Å². The minimum atomic E-state index is -0.548. The van der Waals surface area contributed by atoms with Crippen molar-refractivity contribution in [3.8, 4) is 17.8 Å². The number of nitrogens with two attached hydrogens (primary N) is 1. The van der Waals surface area contributed by atoms with Crippen molar-refractivity contribution in [1.29, 1.82) is 0 Å². The lowest BCUT2D eigenvalue weighted by Gasteiger charge is -2.27. The molecular formula is C17H23N11O. The number of nitrogen functional groups attached to an aromatic ring is 1. The first-order chi connectivity index (χ1) is 13.6. The highest BCUT2D eigenvalue weighted by Gasteiger charge is 2.25. The van der Waals surface area contributed by atoms with Gasteiger partial charge in [-0.25, -0.2) is 15.0 Å². The van der Waals surface area contributed by atoms with Crippen LogP contribution in [-0.2, 0) is 0 Å². The predicted octanol–water partition coefficient (Wildman–Crippen LogP) is 0.0639. The van der Waals surface area contributed by atoms with Crippen LogP contribution in [0.3, 0.4) is 0 Å². The second kappa shape index (κ2) is 9.38. The van der Waals surface area contributed by atoms with Crippen LogP contribution in [0.5, 0.6) is 0 Å². The number of rotatable bonds is 6. The first-order valence-electron chi connectivity index (χ1n) is 8.75. The Morgan fingerprint density at radius 2 is 1.79 bits per heavy atom. The summed E-state index contributed by atoms with van der Waals surface area (Å²) in [4.78, 5) is 25.0. The smallest absolute Gasteiger partial charge is 0.258 e. The lowest BCUT2D eigenvalue weighted by atomic mass is 9.93. The van der Waals surface area contributed by atoms with Crippen molar-refractivity contribution in [1.82, 2.24) is 39.7 Å². The predicted molar refractivity (Wildman–Crippen MR) is 108 cm³/mol. The second-order valence-corrected chi connectivity index (χ2v) is 5.87. The molecule has 12 heteroatoms. The molecular weight excluding hydrogens is 374 g/mol. The maximum atomic E-state index is 5.52. The van der Waals surface area contributed by atoms with Crippen molar-refractivity contribution >= 4 is 17.8 Å². The first-order valence-corrected chi connectivity index (χ1v) is 8.75. The lowest BCUT2D eigenvalue weighted by molar-refractivity contribution is 0.549. The number of hydrogen-bond donors (Lipinski definition) is 3. The van der Waals surface area contributed by atoms with E-state index in [1.165, 1.54) is 17.3 Å². The molecule has 0 saturated heterocycles. The molecule has 0 spiro atoms. The summed E-state index contributed by atoms with van der Waals surface area (Å²) >= 11 is 0. The molecule has 0 aromatic carbocycles. The molecule has 0 aliphatic carbocycles. The highest BCUT2D eigenvalue weighted by Crippen LogP contribution is 2.21. The molecule has 0 radical (unpaired) electrons. The Labute approximate surface area is 167 Å². The Kier molecular flexibility index (Phi) is 6.94. The van der Waals surface area contributed by atoms with Crippen LogP contribution in [0.15, 0.2) is 25.0 Å². The molecule has 0 fully saturated rings. The van der Waals surface area contributed by atoms with Crippen molar-refractivity contribution in [2.24, 2.45) is 0 Å². The van der Waals surface area contributed by atoms with Crippen molar-refractivity contribution < 1.29 is 5.48 Å². The van der Waals surface area contributed by atoms with E-state index in [0.29, 0.717) is 23.4 Å². The molecule has 0 aliphatic heterocycles. The fraction of sp³-hybridized carbons (Fsp3) is 0.353. The highest BCUT2D eigenvalue weighted by molar-refractivity contribution is 5.44. The van der Waals surface area contributed by atoms with Crippen LogP contribution in [0.1, 0.15) is 32.3 Å². The number of anilines is 3. The van der Waals surface area contributed by atoms with E-state index in [9.17, 15) is 0 Å². The molecule has 3 heterocycles. The molecule has 152 valence electrons. The van der Waals surface area contributed by atoms with Crippen LogP contribution in [0.4, 0.5) is 17.8 Å². The fourth-order valence-electron chi connectivity index (χ4n) is 2.39. The molecule has 3 aromatic rings. The number of aromatic nitrogens is 8. The van der Waals surface area contributed by atoms with Gasteiger partial charge in [-0.3, -0.25) is 0 Å². The van der Waals surface area contributed by atoms with Gasteiger partial charge in [0.15, 0.2) is 0 Å². The van der Waals surface area contributed by atoms with E-state index in [1.807, 2.05) is 13.8 Å². The van der Waals surface area contributed by atoms with E-state index < -0.39 is 5.54 Å². The van der Waals surface area contributed by atoms with Gasteiger partial charge in [-0.15, -0.1) is 0 Å². The Hall–Kier alpha value is -3.85. The van der Waals surface area contributed by atoms with Crippen LogP contribution in [0.2, 0.25) is 0 Å². The molecule has 3 aromatic heterocycles. The summed E-state index contributed by atoms with van der Waals surface area (Å²) < 4.78 is 1.46. The number of hydrogen-bond acceptors (Lipinski definition) is 10. The molecule has 0 saturated carbocycles. The van der Waals surface area contributed by atoms with Crippen molar-refractivity contribution in [3.63, 3.8) is 0 Å². The van der Waals surface area contributed by atoms with E-state index in [0.717, 1.165) is 12.8 Å². The van der Waals surface area contributed by atoms with Crippen LogP contribution < -0.4 is 16.4 Å². The van der Waals surface area contributed by atoms with E-state index >= 15 is 0 Å². The highest BCUT2D eigenvalue weighted by atomic mass is 16.0. The van der Waals surface area contributed by atoms with E-state index in [-0.39, 0.29) is 11.4 Å². The van der Waals surface area contributed by atoms with Gasteiger partial charge >= 0.3 is 0 Å². The van der Waals surface area contributed by atoms with Gasteiger partial charge in [0.05, 0.1) is 5.56 Å². The van der Waals surface area contributed by atoms with Gasteiger partial charge in [-0.2, -0.15) is 24.7 Å². The van der Waals surface area contributed by atoms with Crippen molar-refractivity contribution in [2.45, 2.75) is 32.2 Å². The first kappa shape index (κ1) is 21.5. The molecule has 0 atom stereocenters. The third-order valence-electron chi connectivity index (χ3n) is 4.15. The standard InChI is InChI=1S/C17H21N11.H2O/c1-4-17(5-2,7-6-12-8-21-13(18)22-9-12)27-15-24-14(19-3)25-16(26-15)28-11-20-10-23-28;/h8-11H,4-5H2,1-3H3,(H2,18,21,22)(H2,19,24,25,26,27);1H2. The molecule has 0 amide bonds. The summed E-state index contributed by atoms with van der Waals surface area (Å²) in [5.74, 6) is 7.72. The monoisotopic (exact) mass is 397 g/mol. The fourth-order valence-corrected chi connectivity index (χ4v) is 2.39. The van der Waals surface area contributed by atoms with Crippen molar-refractivity contribution in [3.05, 3.63) is 30.6 Å². The SMILES string of the molecule is CCC(C#Cc1cnc(N)nc1)(CC)Nc1nc(NC)nc(-n2cncn2)n1.O. The molecule has 0 aliphatic rings. The average Bonchev–Trinajstić information content (AvgIpc) is 3.27. The van der Waals surface area contributed by atoms with Crippen LogP contribution in [0.25, 0.3) is 5.95 Å². The maximum Gasteiger partial charge on any atom is 0.258 e. The van der Waals surface area contributed by atoms with E-state index in [4.69, 9.17) is 5.73 Å². The summed E-state index contributed by atoms with van der Waals surface area (Å²) in [6.07, 6.45) is 7.58. The zero-order chi connectivity index (χ0) is 20.0. The number of nitrogens with one attached hydrogen (secondary N) is 2. The van der Waals surface area contributed by atoms with Gasteiger partial charge in [0, 0.05) is 19.4 Å². The Balaban J connectivity index is 0.00000300. The average molecular weight is 397 g/mol. The van der Waals surface area contributed by atoms with Gasteiger partial charge in [0.25, 0.3) is 5.95 Å². The quantitative estimate of drug-likeness (QED) is 0.482. The second-order valence-electron chi connectivity index (χ2n) is 5.87. The topological polar surface area (TPSA) is 177 Å². The van der Waals surface area contributed by atoms with Gasteiger partial charge in [0.1, 0.15) is 18.2 Å². The molecule has 6 N–H and O–H groups in total. The van der Waals surface area contributed by atoms with Crippen LogP contribution in [0, 0.1) is 11.8 Å². The normalized spacial score (nSPS) is 10.4. The van der Waals surface area contributed by atoms with Gasteiger partial charge < -0.3 is 21.8 Å². The summed E-state index contributed by atoms with van der Waals surface area (Å²) in [7, 11) is 1.73. The number of nitrogens with zero attached hydrogens (tertiary/aromatic N) is 8. The summed E-state index contributed by atoms with van der Waals surface area (Å²) in [5.41, 5.74) is 5.65. The van der Waals surface area contributed by atoms with Crippen LogP contribution >= 0.6 is 0 Å². The third kappa shape index (κ3) is 5.11. The Morgan fingerprint density at radius 1 is 1.10 bits per heavy atom. The van der Waals surface area contributed by atoms with Gasteiger partial charge in [-0.05, 0) is 12.8 Å². The Morgan fingerprint density at radius 3 is 2.38 bits per heavy atom. The largest absolute Gasteiger partial charge is 0.412 e. The zero-order valence-electron chi connectivity index (χ0n) is 16.4. The minimum Gasteiger partial charge on any atom is -0.412 e. The molecule has 0 unspecified atom stereocenters. The molecule has 12 nitrogen and oxygen atoms in total. The van der Waals surface area contributed by atoms with Gasteiger partial charge in [-0.1, -0.05) is 25.7 Å². The molecule has 0 bridgehead atoms. The Bertz CT molecular complexity index is 973. The summed E-state index contributed by atoms with van der Waals surface area (Å²) in [6.45, 7) is 4.09. The van der Waals surface area contributed by atoms with Crippen LogP contribution in [-0.4, -0.2) is 57.7 Å². The zero-order valence-corrected chi connectivity index (χ0v) is 16.4. The summed E-state index contributed by atoms with van der Waals surface area (Å²) in [5, 5.41) is 10.3. The third-order valence-corrected chi connectivity index (χ3v) is 4.15. The molecule has 29 heavy (non-hydrogen) atoms. The van der Waals surface area contributed by atoms with E-state index in [2.05, 4.69) is 57.5 Å². The van der Waals surface area contributed by atoms with E-state index in [1.54, 1.807) is 19.4 Å². The summed E-state index contributed by atoms with van der Waals surface area (Å²) in [6, 6.07) is 0. The minimum absolute atomic E-state index is 0. The molecule has 3 rings (SSSR count). The lowest BCUT2D eigenvalue weighted by Crippen LogP contribution is -2.36. The van der Waals surface area contributed by atoms with Gasteiger partial charge in [0.2, 0.25) is 17.8 Å². The maximum absolute atomic E-state index is 5.52.